The Balaban J connectivity index is 1.81. The number of nitrogens with zero attached hydrogens (tertiary/aromatic N) is 3. The van der Waals surface area contributed by atoms with E-state index in [4.69, 9.17) is 0 Å². The minimum Gasteiger partial charge on any atom is -0.379 e. The van der Waals surface area contributed by atoms with Gasteiger partial charge in [0.2, 0.25) is 0 Å². The minimum absolute atomic E-state index is 0.801. The highest BCUT2D eigenvalue weighted by Crippen LogP contribution is 2.15. The van der Waals surface area contributed by atoms with Crippen molar-refractivity contribution in [2.75, 3.05) is 5.32 Å². The third-order valence-corrected chi connectivity index (χ3v) is 2.99. The number of aryl methyl sites for hydroxylation is 1. The molecule has 0 aliphatic carbocycles. The predicted octanol–water partition coefficient (Wildman–Crippen LogP) is 2.58. The quantitative estimate of drug-likeness (QED) is 0.762. The smallest absolute Gasteiger partial charge is 0.0907 e. The number of nitrogens with one attached hydrogen (secondary N) is 1. The summed E-state index contributed by atoms with van der Waals surface area (Å²) < 4.78 is 2.11. The van der Waals surface area contributed by atoms with Crippen molar-refractivity contribution in [1.82, 2.24) is 14.5 Å². The molecule has 0 aliphatic rings. The number of hydrogen-bond donors (Lipinski definition) is 1. The molecule has 0 bridgehead atoms. The lowest BCUT2D eigenvalue weighted by Crippen LogP contribution is -2.03. The SMILES string of the molecule is Cn1cccc1CNc1ccc2nccnc2c1. The Morgan fingerprint density at radius 1 is 1.11 bits per heavy atom. The highest BCUT2D eigenvalue weighted by molar-refractivity contribution is 5.78. The number of hydrogen-bond acceptors (Lipinski definition) is 3. The van der Waals surface area contributed by atoms with Gasteiger partial charge in [-0.05, 0) is 30.3 Å². The van der Waals surface area contributed by atoms with E-state index in [1.807, 2.05) is 37.5 Å². The monoisotopic (exact) mass is 238 g/mol. The summed E-state index contributed by atoms with van der Waals surface area (Å²) in [5.41, 5.74) is 4.13. The molecule has 18 heavy (non-hydrogen) atoms. The zero-order valence-corrected chi connectivity index (χ0v) is 10.2. The molecule has 1 aromatic carbocycles. The molecule has 0 saturated carbocycles. The van der Waals surface area contributed by atoms with Crippen molar-refractivity contribution in [3.8, 4) is 0 Å². The van der Waals surface area contributed by atoms with E-state index in [-0.39, 0.29) is 0 Å². The van der Waals surface area contributed by atoms with Gasteiger partial charge in [-0.1, -0.05) is 0 Å². The second-order valence-corrected chi connectivity index (χ2v) is 4.22. The van der Waals surface area contributed by atoms with Crippen LogP contribution >= 0.6 is 0 Å². The molecule has 2 aromatic heterocycles. The molecule has 2 heterocycles. The fourth-order valence-corrected chi connectivity index (χ4v) is 1.95. The lowest BCUT2D eigenvalue weighted by molar-refractivity contribution is 0.842. The van der Waals surface area contributed by atoms with Gasteiger partial charge in [0.05, 0.1) is 17.6 Å². The molecule has 3 aromatic rings. The number of fused-ring (bicyclic) bond motifs is 1. The van der Waals surface area contributed by atoms with E-state index in [0.29, 0.717) is 0 Å². The van der Waals surface area contributed by atoms with Crippen LogP contribution in [-0.2, 0) is 13.6 Å². The summed E-state index contributed by atoms with van der Waals surface area (Å²) >= 11 is 0. The summed E-state index contributed by atoms with van der Waals surface area (Å²) in [5.74, 6) is 0. The average molecular weight is 238 g/mol. The largest absolute Gasteiger partial charge is 0.379 e. The van der Waals surface area contributed by atoms with E-state index >= 15 is 0 Å². The Bertz CT molecular complexity index is 672. The van der Waals surface area contributed by atoms with Gasteiger partial charge in [-0.2, -0.15) is 0 Å². The molecule has 0 spiro atoms. The number of aromatic nitrogens is 3. The van der Waals surface area contributed by atoms with Crippen molar-refractivity contribution in [3.63, 3.8) is 0 Å². The van der Waals surface area contributed by atoms with Crippen molar-refractivity contribution in [1.29, 1.82) is 0 Å². The summed E-state index contributed by atoms with van der Waals surface area (Å²) in [6, 6.07) is 10.2. The van der Waals surface area contributed by atoms with Gasteiger partial charge in [0.1, 0.15) is 0 Å². The van der Waals surface area contributed by atoms with E-state index in [9.17, 15) is 0 Å². The molecule has 0 amide bonds. The molecule has 0 unspecified atom stereocenters. The van der Waals surface area contributed by atoms with Crippen molar-refractivity contribution in [2.24, 2.45) is 7.05 Å². The molecule has 3 rings (SSSR count). The summed E-state index contributed by atoms with van der Waals surface area (Å²) in [7, 11) is 2.04. The second-order valence-electron chi connectivity index (χ2n) is 4.22. The van der Waals surface area contributed by atoms with Gasteiger partial charge in [-0.25, -0.2) is 0 Å². The fourth-order valence-electron chi connectivity index (χ4n) is 1.95. The fraction of sp³-hybridized carbons (Fsp3) is 0.143. The van der Waals surface area contributed by atoms with Gasteiger partial charge in [-0.3, -0.25) is 9.97 Å². The van der Waals surface area contributed by atoms with Crippen LogP contribution in [-0.4, -0.2) is 14.5 Å². The zero-order chi connectivity index (χ0) is 12.4. The van der Waals surface area contributed by atoms with Crippen LogP contribution in [0.3, 0.4) is 0 Å². The van der Waals surface area contributed by atoms with Crippen molar-refractivity contribution in [2.45, 2.75) is 6.54 Å². The van der Waals surface area contributed by atoms with Crippen LogP contribution in [0.2, 0.25) is 0 Å². The van der Waals surface area contributed by atoms with Gasteiger partial charge in [0, 0.05) is 37.0 Å². The first-order valence-electron chi connectivity index (χ1n) is 5.88. The van der Waals surface area contributed by atoms with Gasteiger partial charge in [0.15, 0.2) is 0 Å². The maximum atomic E-state index is 4.30. The second kappa shape index (κ2) is 4.49. The highest BCUT2D eigenvalue weighted by atomic mass is 15.0. The van der Waals surface area contributed by atoms with E-state index in [0.717, 1.165) is 23.3 Å². The number of anilines is 1. The van der Waals surface area contributed by atoms with Crippen LogP contribution in [0.1, 0.15) is 5.69 Å². The summed E-state index contributed by atoms with van der Waals surface area (Å²) in [4.78, 5) is 8.55. The molecule has 1 N–H and O–H groups in total. The molecule has 0 radical (unpaired) electrons. The summed E-state index contributed by atoms with van der Waals surface area (Å²) in [6.45, 7) is 0.801. The molecule has 0 fully saturated rings. The number of benzene rings is 1. The van der Waals surface area contributed by atoms with Gasteiger partial charge < -0.3 is 9.88 Å². The third-order valence-electron chi connectivity index (χ3n) is 2.99. The molecule has 90 valence electrons. The Labute approximate surface area is 105 Å². The van der Waals surface area contributed by atoms with Crippen molar-refractivity contribution >= 4 is 16.7 Å². The molecule has 0 atom stereocenters. The average Bonchev–Trinajstić information content (AvgIpc) is 2.82. The standard InChI is InChI=1S/C14H14N4/c1-18-8-2-3-12(18)10-17-11-4-5-13-14(9-11)16-7-6-15-13/h2-9,17H,10H2,1H3. The van der Waals surface area contributed by atoms with Gasteiger partial charge in [-0.15, -0.1) is 0 Å². The Morgan fingerprint density at radius 2 is 1.94 bits per heavy atom. The lowest BCUT2D eigenvalue weighted by atomic mass is 10.2. The summed E-state index contributed by atoms with van der Waals surface area (Å²) in [6.07, 6.45) is 5.46. The molecule has 0 aliphatic heterocycles. The van der Waals surface area contributed by atoms with Crippen LogP contribution in [0.5, 0.6) is 0 Å². The van der Waals surface area contributed by atoms with E-state index in [1.54, 1.807) is 12.4 Å². The Morgan fingerprint density at radius 3 is 2.72 bits per heavy atom. The van der Waals surface area contributed by atoms with Crippen LogP contribution in [0, 0.1) is 0 Å². The van der Waals surface area contributed by atoms with Crippen molar-refractivity contribution in [3.05, 3.63) is 54.6 Å². The third kappa shape index (κ3) is 2.05. The van der Waals surface area contributed by atoms with Gasteiger partial charge >= 0.3 is 0 Å². The first kappa shape index (κ1) is 10.8. The van der Waals surface area contributed by atoms with Gasteiger partial charge in [0.25, 0.3) is 0 Å². The first-order valence-corrected chi connectivity index (χ1v) is 5.88. The normalized spacial score (nSPS) is 10.7. The maximum absolute atomic E-state index is 4.30. The highest BCUT2D eigenvalue weighted by Gasteiger charge is 1.99. The number of rotatable bonds is 3. The molecule has 4 heteroatoms. The summed E-state index contributed by atoms with van der Waals surface area (Å²) in [5, 5.41) is 3.39. The topological polar surface area (TPSA) is 42.7 Å². The molecule has 0 saturated heterocycles. The minimum atomic E-state index is 0.801. The zero-order valence-electron chi connectivity index (χ0n) is 10.2. The van der Waals surface area contributed by atoms with E-state index < -0.39 is 0 Å². The maximum Gasteiger partial charge on any atom is 0.0907 e. The molecular formula is C14H14N4. The van der Waals surface area contributed by atoms with Crippen molar-refractivity contribution < 1.29 is 0 Å². The van der Waals surface area contributed by atoms with Crippen LogP contribution in [0.25, 0.3) is 11.0 Å². The predicted molar refractivity (Wildman–Crippen MR) is 72.3 cm³/mol. The molecule has 4 nitrogen and oxygen atoms in total. The van der Waals surface area contributed by atoms with Crippen LogP contribution < -0.4 is 5.32 Å². The van der Waals surface area contributed by atoms with Crippen LogP contribution in [0.15, 0.2) is 48.9 Å². The molecular weight excluding hydrogens is 224 g/mol. The van der Waals surface area contributed by atoms with Crippen LogP contribution in [0.4, 0.5) is 5.69 Å². The lowest BCUT2D eigenvalue weighted by Gasteiger charge is -2.08. The Hall–Kier alpha value is -2.36. The Kier molecular flexibility index (Phi) is 2.68. The first-order chi connectivity index (χ1) is 8.83. The van der Waals surface area contributed by atoms with E-state index in [2.05, 4.69) is 25.9 Å². The van der Waals surface area contributed by atoms with E-state index in [1.165, 1.54) is 5.69 Å².